The standard InChI is InChI=1S/C10H14O4S/c1-10(2,3)7-5-4-6-8(9(7)11)15(12,13)14/h4-6,11H,1-3H3,(H,12,13,14). The van der Waals surface area contributed by atoms with Gasteiger partial charge in [0.05, 0.1) is 0 Å². The minimum absolute atomic E-state index is 0.382. The Kier molecular flexibility index (Phi) is 2.80. The molecular formula is C10H14O4S. The Morgan fingerprint density at radius 3 is 2.13 bits per heavy atom. The highest BCUT2D eigenvalue weighted by Crippen LogP contribution is 2.34. The third-order valence-electron chi connectivity index (χ3n) is 2.08. The highest BCUT2D eigenvalue weighted by Gasteiger charge is 2.24. The van der Waals surface area contributed by atoms with Gasteiger partial charge in [-0.1, -0.05) is 32.9 Å². The Morgan fingerprint density at radius 2 is 1.73 bits per heavy atom. The van der Waals surface area contributed by atoms with Gasteiger partial charge in [0.1, 0.15) is 10.6 Å². The van der Waals surface area contributed by atoms with Gasteiger partial charge in [-0.15, -0.1) is 0 Å². The highest BCUT2D eigenvalue weighted by atomic mass is 32.2. The third-order valence-corrected chi connectivity index (χ3v) is 2.97. The predicted molar refractivity (Wildman–Crippen MR) is 56.6 cm³/mol. The van der Waals surface area contributed by atoms with Crippen molar-refractivity contribution < 1.29 is 18.1 Å². The first kappa shape index (κ1) is 12.0. The summed E-state index contributed by atoms with van der Waals surface area (Å²) < 4.78 is 30.7. The lowest BCUT2D eigenvalue weighted by Crippen LogP contribution is -2.12. The van der Waals surface area contributed by atoms with Gasteiger partial charge in [-0.3, -0.25) is 4.55 Å². The van der Waals surface area contributed by atoms with Gasteiger partial charge in [-0.25, -0.2) is 0 Å². The van der Waals surface area contributed by atoms with Crippen LogP contribution in [0.25, 0.3) is 0 Å². The summed E-state index contributed by atoms with van der Waals surface area (Å²) >= 11 is 0. The molecule has 0 atom stereocenters. The number of phenols is 1. The third kappa shape index (κ3) is 2.49. The van der Waals surface area contributed by atoms with Crippen molar-refractivity contribution in [2.45, 2.75) is 31.1 Å². The molecule has 0 fully saturated rings. The monoisotopic (exact) mass is 230 g/mol. The zero-order chi connectivity index (χ0) is 11.9. The molecule has 1 aromatic rings. The second-order valence-corrected chi connectivity index (χ2v) is 5.77. The molecule has 0 aliphatic heterocycles. The molecule has 0 aliphatic rings. The second kappa shape index (κ2) is 3.50. The van der Waals surface area contributed by atoms with Crippen LogP contribution in [0.5, 0.6) is 5.75 Å². The molecule has 0 amide bonds. The molecule has 0 unspecified atom stereocenters. The molecule has 2 N–H and O–H groups in total. The first-order valence-electron chi connectivity index (χ1n) is 4.44. The van der Waals surface area contributed by atoms with E-state index in [1.165, 1.54) is 12.1 Å². The smallest absolute Gasteiger partial charge is 0.298 e. The summed E-state index contributed by atoms with van der Waals surface area (Å²) in [7, 11) is -4.37. The van der Waals surface area contributed by atoms with E-state index in [4.69, 9.17) is 4.55 Å². The zero-order valence-corrected chi connectivity index (χ0v) is 9.67. The molecule has 0 radical (unpaired) electrons. The number of aromatic hydroxyl groups is 1. The lowest BCUT2D eigenvalue weighted by atomic mass is 9.86. The van der Waals surface area contributed by atoms with Crippen molar-refractivity contribution in [2.75, 3.05) is 0 Å². The van der Waals surface area contributed by atoms with Crippen molar-refractivity contribution >= 4 is 10.1 Å². The Hall–Kier alpha value is -1.07. The van der Waals surface area contributed by atoms with E-state index in [1.807, 2.05) is 20.8 Å². The minimum Gasteiger partial charge on any atom is -0.506 e. The molecule has 4 nitrogen and oxygen atoms in total. The van der Waals surface area contributed by atoms with Crippen LogP contribution in [0.4, 0.5) is 0 Å². The molecule has 0 saturated carbocycles. The number of rotatable bonds is 1. The summed E-state index contributed by atoms with van der Waals surface area (Å²) in [6, 6.07) is 4.29. The van der Waals surface area contributed by atoms with E-state index in [2.05, 4.69) is 0 Å². The van der Waals surface area contributed by atoms with E-state index in [1.54, 1.807) is 6.07 Å². The van der Waals surface area contributed by atoms with Crippen LogP contribution < -0.4 is 0 Å². The molecule has 5 heteroatoms. The highest BCUT2D eigenvalue weighted by molar-refractivity contribution is 7.86. The number of hydrogen-bond donors (Lipinski definition) is 2. The summed E-state index contributed by atoms with van der Waals surface area (Å²) in [6.45, 7) is 5.53. The first-order chi connectivity index (χ1) is 6.64. The Balaban J connectivity index is 3.51. The Morgan fingerprint density at radius 1 is 1.20 bits per heavy atom. The fourth-order valence-corrected chi connectivity index (χ4v) is 1.94. The second-order valence-electron chi connectivity index (χ2n) is 4.38. The molecular weight excluding hydrogens is 216 g/mol. The maximum absolute atomic E-state index is 10.9. The molecule has 0 saturated heterocycles. The van der Waals surface area contributed by atoms with E-state index < -0.39 is 15.0 Å². The van der Waals surface area contributed by atoms with E-state index in [9.17, 15) is 13.5 Å². The van der Waals surface area contributed by atoms with E-state index in [-0.39, 0.29) is 11.2 Å². The van der Waals surface area contributed by atoms with Gasteiger partial charge >= 0.3 is 0 Å². The Bertz CT molecular complexity index is 469. The number of benzene rings is 1. The van der Waals surface area contributed by atoms with Crippen LogP contribution in [0.15, 0.2) is 23.1 Å². The fraction of sp³-hybridized carbons (Fsp3) is 0.400. The average Bonchev–Trinajstić information content (AvgIpc) is 1.99. The Labute approximate surface area is 89.3 Å². The van der Waals surface area contributed by atoms with Crippen LogP contribution in [-0.2, 0) is 15.5 Å². The van der Waals surface area contributed by atoms with Crippen LogP contribution in [0.3, 0.4) is 0 Å². The molecule has 0 aromatic heterocycles. The average molecular weight is 230 g/mol. The fourth-order valence-electron chi connectivity index (χ4n) is 1.34. The van der Waals surface area contributed by atoms with E-state index in [0.717, 1.165) is 0 Å². The predicted octanol–water partition coefficient (Wildman–Crippen LogP) is 1.94. The lowest BCUT2D eigenvalue weighted by molar-refractivity contribution is 0.423. The molecule has 84 valence electrons. The molecule has 0 heterocycles. The van der Waals surface area contributed by atoms with Crippen molar-refractivity contribution in [2.24, 2.45) is 0 Å². The van der Waals surface area contributed by atoms with Gasteiger partial charge in [0.15, 0.2) is 0 Å². The lowest BCUT2D eigenvalue weighted by Gasteiger charge is -2.21. The largest absolute Gasteiger partial charge is 0.506 e. The molecule has 0 spiro atoms. The van der Waals surface area contributed by atoms with Gasteiger partial charge in [0.2, 0.25) is 0 Å². The summed E-state index contributed by atoms with van der Waals surface area (Å²) in [4.78, 5) is -0.449. The van der Waals surface area contributed by atoms with Gasteiger partial charge in [-0.2, -0.15) is 8.42 Å². The number of hydrogen-bond acceptors (Lipinski definition) is 3. The van der Waals surface area contributed by atoms with Crippen LogP contribution in [0.2, 0.25) is 0 Å². The van der Waals surface area contributed by atoms with Gasteiger partial charge in [-0.05, 0) is 11.5 Å². The summed E-state index contributed by atoms with van der Waals surface area (Å²) in [5.74, 6) is -0.382. The van der Waals surface area contributed by atoms with Crippen molar-refractivity contribution in [1.29, 1.82) is 0 Å². The van der Waals surface area contributed by atoms with Gasteiger partial charge < -0.3 is 5.11 Å². The quantitative estimate of drug-likeness (QED) is 0.723. The molecule has 1 aromatic carbocycles. The number of phenolic OH excluding ortho intramolecular Hbond substituents is 1. The maximum atomic E-state index is 10.9. The molecule has 1 rings (SSSR count). The molecule has 0 bridgehead atoms. The van der Waals surface area contributed by atoms with Crippen LogP contribution in [0, 0.1) is 0 Å². The topological polar surface area (TPSA) is 74.6 Å². The minimum atomic E-state index is -4.37. The van der Waals surface area contributed by atoms with Crippen LogP contribution in [0.1, 0.15) is 26.3 Å². The summed E-state index contributed by atoms with van der Waals surface area (Å²) in [5.41, 5.74) is 0.0998. The van der Waals surface area contributed by atoms with Gasteiger partial charge in [0.25, 0.3) is 10.1 Å². The van der Waals surface area contributed by atoms with Crippen molar-refractivity contribution in [1.82, 2.24) is 0 Å². The summed E-state index contributed by atoms with van der Waals surface area (Å²) in [6.07, 6.45) is 0. The van der Waals surface area contributed by atoms with Crippen molar-refractivity contribution in [3.8, 4) is 5.75 Å². The van der Waals surface area contributed by atoms with Crippen LogP contribution >= 0.6 is 0 Å². The van der Waals surface area contributed by atoms with E-state index >= 15 is 0 Å². The first-order valence-corrected chi connectivity index (χ1v) is 5.88. The molecule has 15 heavy (non-hydrogen) atoms. The zero-order valence-electron chi connectivity index (χ0n) is 8.85. The van der Waals surface area contributed by atoms with E-state index in [0.29, 0.717) is 5.56 Å². The SMILES string of the molecule is CC(C)(C)c1cccc(S(=O)(=O)O)c1O. The summed E-state index contributed by atoms with van der Waals surface area (Å²) in [5, 5.41) is 9.72. The number of para-hydroxylation sites is 1. The van der Waals surface area contributed by atoms with Crippen molar-refractivity contribution in [3.63, 3.8) is 0 Å². The van der Waals surface area contributed by atoms with Crippen molar-refractivity contribution in [3.05, 3.63) is 23.8 Å². The molecule has 0 aliphatic carbocycles. The van der Waals surface area contributed by atoms with Gasteiger partial charge in [0, 0.05) is 5.56 Å². The van der Waals surface area contributed by atoms with Crippen LogP contribution in [-0.4, -0.2) is 18.1 Å². The normalized spacial score (nSPS) is 12.8. The maximum Gasteiger partial charge on any atom is 0.298 e.